The first kappa shape index (κ1) is 17.8. The lowest BCUT2D eigenvalue weighted by Crippen LogP contribution is -2.40. The molecule has 1 atom stereocenters. The normalized spacial score (nSPS) is 18.6. The molecular weight excluding hydrogens is 353 g/mol. The second kappa shape index (κ2) is 6.34. The fourth-order valence-corrected chi connectivity index (χ4v) is 4.68. The van der Waals surface area contributed by atoms with E-state index in [9.17, 15) is 21.6 Å². The van der Waals surface area contributed by atoms with Crippen LogP contribution in [0.25, 0.3) is 0 Å². The Morgan fingerprint density at radius 2 is 1.72 bits per heavy atom. The summed E-state index contributed by atoms with van der Waals surface area (Å²) < 4.78 is 67.2. The lowest BCUT2D eigenvalue weighted by atomic mass is 10.2. The Bertz CT molecular complexity index is 881. The summed E-state index contributed by atoms with van der Waals surface area (Å²) in [5, 5.41) is 3.17. The molecule has 3 rings (SSSR count). The predicted octanol–water partition coefficient (Wildman–Crippen LogP) is 3.39. The van der Waals surface area contributed by atoms with E-state index in [0.717, 1.165) is 22.0 Å². The number of hydrogen-bond acceptors (Lipinski definition) is 3. The Labute approximate surface area is 144 Å². The largest absolute Gasteiger partial charge is 0.417 e. The summed E-state index contributed by atoms with van der Waals surface area (Å²) in [5.74, 6) is 0. The third kappa shape index (κ3) is 3.36. The smallest absolute Gasteiger partial charge is 0.308 e. The summed E-state index contributed by atoms with van der Waals surface area (Å²) >= 11 is 0. The van der Waals surface area contributed by atoms with Crippen molar-refractivity contribution in [2.24, 2.45) is 0 Å². The Morgan fingerprint density at radius 1 is 1.08 bits per heavy atom. The van der Waals surface area contributed by atoms with Crippen LogP contribution < -0.4 is 9.62 Å². The van der Waals surface area contributed by atoms with Gasteiger partial charge in [-0.2, -0.15) is 13.2 Å². The first-order chi connectivity index (χ1) is 11.7. The topological polar surface area (TPSA) is 49.4 Å². The minimum atomic E-state index is -4.75. The van der Waals surface area contributed by atoms with Gasteiger partial charge in [0.2, 0.25) is 0 Å². The number of sulfonamides is 1. The number of halogens is 3. The Hall–Kier alpha value is -2.06. The van der Waals surface area contributed by atoms with Crippen molar-refractivity contribution >= 4 is 15.7 Å². The zero-order chi connectivity index (χ0) is 18.2. The summed E-state index contributed by atoms with van der Waals surface area (Å²) in [7, 11) is -4.37. The maximum Gasteiger partial charge on any atom is 0.417 e. The molecule has 1 heterocycles. The van der Waals surface area contributed by atoms with Gasteiger partial charge in [-0.3, -0.25) is 4.31 Å². The van der Waals surface area contributed by atoms with Crippen LogP contribution in [-0.2, 0) is 22.7 Å². The molecule has 1 unspecified atom stereocenters. The third-order valence-corrected chi connectivity index (χ3v) is 5.94. The molecule has 1 aliphatic rings. The molecule has 0 saturated carbocycles. The molecule has 0 aromatic heterocycles. The van der Waals surface area contributed by atoms with E-state index in [-0.39, 0.29) is 12.6 Å². The van der Waals surface area contributed by atoms with Crippen LogP contribution in [0.2, 0.25) is 0 Å². The van der Waals surface area contributed by atoms with Gasteiger partial charge in [0.1, 0.15) is 0 Å². The lowest BCUT2D eigenvalue weighted by molar-refractivity contribution is -0.139. The number of benzene rings is 2. The van der Waals surface area contributed by atoms with E-state index < -0.39 is 26.7 Å². The van der Waals surface area contributed by atoms with Crippen molar-refractivity contribution in [2.75, 3.05) is 10.8 Å². The number of fused-ring (bicyclic) bond motifs is 1. The highest BCUT2D eigenvalue weighted by Gasteiger charge is 2.40. The van der Waals surface area contributed by atoms with Crippen molar-refractivity contribution in [1.82, 2.24) is 5.32 Å². The maximum absolute atomic E-state index is 13.3. The number of rotatable bonds is 2. The molecule has 1 aliphatic heterocycles. The standard InChI is InChI=1S/C17H17F3N2O2S/c1-12-11-22(15-8-4-2-6-13(15)10-21-12)25(23,24)16-9-5-3-7-14(16)17(18,19)20/h2-9,12,21H,10-11H2,1H3. The molecule has 25 heavy (non-hydrogen) atoms. The predicted molar refractivity (Wildman–Crippen MR) is 88.7 cm³/mol. The Kier molecular flexibility index (Phi) is 4.51. The van der Waals surface area contributed by atoms with Gasteiger partial charge in [-0.05, 0) is 30.7 Å². The van der Waals surface area contributed by atoms with Crippen molar-refractivity contribution in [3.8, 4) is 0 Å². The fraction of sp³-hybridized carbons (Fsp3) is 0.294. The second-order valence-electron chi connectivity index (χ2n) is 5.94. The number of nitrogens with one attached hydrogen (secondary N) is 1. The van der Waals surface area contributed by atoms with E-state index in [1.807, 2.05) is 0 Å². The van der Waals surface area contributed by atoms with Crippen molar-refractivity contribution in [2.45, 2.75) is 30.6 Å². The van der Waals surface area contributed by atoms with Gasteiger partial charge in [0, 0.05) is 19.1 Å². The van der Waals surface area contributed by atoms with Crippen LogP contribution in [0.4, 0.5) is 18.9 Å². The van der Waals surface area contributed by atoms with E-state index in [0.29, 0.717) is 12.2 Å². The van der Waals surface area contributed by atoms with Gasteiger partial charge in [0.25, 0.3) is 10.0 Å². The van der Waals surface area contributed by atoms with Gasteiger partial charge in [-0.1, -0.05) is 30.3 Å². The van der Waals surface area contributed by atoms with Crippen LogP contribution in [0.5, 0.6) is 0 Å². The first-order valence-electron chi connectivity index (χ1n) is 7.71. The van der Waals surface area contributed by atoms with E-state index in [1.54, 1.807) is 31.2 Å². The van der Waals surface area contributed by atoms with Crippen molar-refractivity contribution < 1.29 is 21.6 Å². The number of anilines is 1. The molecule has 134 valence electrons. The van der Waals surface area contributed by atoms with E-state index in [4.69, 9.17) is 0 Å². The molecule has 2 aromatic carbocycles. The fourth-order valence-electron chi connectivity index (χ4n) is 2.87. The van der Waals surface area contributed by atoms with Crippen LogP contribution in [0.15, 0.2) is 53.4 Å². The molecule has 1 N–H and O–H groups in total. The van der Waals surface area contributed by atoms with Gasteiger partial charge in [-0.15, -0.1) is 0 Å². The molecule has 0 radical (unpaired) electrons. The highest BCUT2D eigenvalue weighted by molar-refractivity contribution is 7.92. The molecule has 0 aliphatic carbocycles. The third-order valence-electron chi connectivity index (χ3n) is 4.10. The van der Waals surface area contributed by atoms with E-state index >= 15 is 0 Å². The van der Waals surface area contributed by atoms with Crippen molar-refractivity contribution in [3.63, 3.8) is 0 Å². The lowest BCUT2D eigenvalue weighted by Gasteiger charge is -2.27. The monoisotopic (exact) mass is 370 g/mol. The summed E-state index contributed by atoms with van der Waals surface area (Å²) in [5.41, 5.74) is -0.0337. The van der Waals surface area contributed by atoms with Crippen LogP contribution in [0, 0.1) is 0 Å². The van der Waals surface area contributed by atoms with Gasteiger partial charge in [0.15, 0.2) is 0 Å². The van der Waals surface area contributed by atoms with Gasteiger partial charge >= 0.3 is 6.18 Å². The SMILES string of the molecule is CC1CN(S(=O)(=O)c2ccccc2C(F)(F)F)c2ccccc2CN1. The van der Waals surface area contributed by atoms with Gasteiger partial charge in [0.05, 0.1) is 16.1 Å². The van der Waals surface area contributed by atoms with Gasteiger partial charge in [-0.25, -0.2) is 8.42 Å². The Morgan fingerprint density at radius 3 is 2.44 bits per heavy atom. The molecule has 0 spiro atoms. The zero-order valence-corrected chi connectivity index (χ0v) is 14.2. The number of nitrogens with zero attached hydrogens (tertiary/aromatic N) is 1. The minimum Gasteiger partial charge on any atom is -0.308 e. The van der Waals surface area contributed by atoms with Crippen LogP contribution in [-0.4, -0.2) is 21.0 Å². The highest BCUT2D eigenvalue weighted by atomic mass is 32.2. The average Bonchev–Trinajstić information content (AvgIpc) is 2.74. The number of para-hydroxylation sites is 1. The molecule has 2 aromatic rings. The summed E-state index contributed by atoms with van der Waals surface area (Å²) in [6.45, 7) is 2.29. The maximum atomic E-state index is 13.3. The summed E-state index contributed by atoms with van der Waals surface area (Å²) in [4.78, 5) is -0.730. The molecule has 0 saturated heterocycles. The van der Waals surface area contributed by atoms with Crippen LogP contribution in [0.1, 0.15) is 18.1 Å². The van der Waals surface area contributed by atoms with E-state index in [1.165, 1.54) is 12.1 Å². The van der Waals surface area contributed by atoms with Crippen LogP contribution in [0.3, 0.4) is 0 Å². The van der Waals surface area contributed by atoms with Crippen molar-refractivity contribution in [1.29, 1.82) is 0 Å². The molecule has 0 amide bonds. The first-order valence-corrected chi connectivity index (χ1v) is 9.15. The molecule has 4 nitrogen and oxygen atoms in total. The number of hydrogen-bond donors (Lipinski definition) is 1. The Balaban J connectivity index is 2.18. The highest BCUT2D eigenvalue weighted by Crippen LogP contribution is 2.37. The molecular formula is C17H17F3N2O2S. The molecule has 0 bridgehead atoms. The van der Waals surface area contributed by atoms with Crippen LogP contribution >= 0.6 is 0 Å². The van der Waals surface area contributed by atoms with E-state index in [2.05, 4.69) is 5.32 Å². The molecule has 8 heteroatoms. The summed E-state index contributed by atoms with van der Waals surface area (Å²) in [6.07, 6.45) is -4.75. The average molecular weight is 370 g/mol. The van der Waals surface area contributed by atoms with Crippen molar-refractivity contribution in [3.05, 3.63) is 59.7 Å². The second-order valence-corrected chi connectivity index (χ2v) is 7.77. The van der Waals surface area contributed by atoms with Gasteiger partial charge < -0.3 is 5.32 Å². The minimum absolute atomic E-state index is 0.0472. The zero-order valence-electron chi connectivity index (χ0n) is 13.4. The summed E-state index contributed by atoms with van der Waals surface area (Å²) in [6, 6.07) is 10.9. The number of alkyl halides is 3. The quantitative estimate of drug-likeness (QED) is 0.882. The molecule has 0 fully saturated rings.